The van der Waals surface area contributed by atoms with Crippen LogP contribution in [0, 0.1) is 10.1 Å². The number of nitro groups is 1. The first kappa shape index (κ1) is 21.3. The van der Waals surface area contributed by atoms with Crippen molar-refractivity contribution in [2.75, 3.05) is 26.6 Å². The Morgan fingerprint density at radius 2 is 1.87 bits per heavy atom. The highest BCUT2D eigenvalue weighted by Gasteiger charge is 2.32. The van der Waals surface area contributed by atoms with Gasteiger partial charge in [0.15, 0.2) is 10.9 Å². The van der Waals surface area contributed by atoms with Gasteiger partial charge in [0.25, 0.3) is 5.91 Å². The van der Waals surface area contributed by atoms with Crippen LogP contribution in [0.1, 0.15) is 10.4 Å². The van der Waals surface area contributed by atoms with E-state index < -0.39 is 16.5 Å². The monoisotopic (exact) mass is 449 g/mol. The largest absolute Gasteiger partial charge is 0.493 e. The van der Waals surface area contributed by atoms with E-state index in [1.54, 1.807) is 23.6 Å². The molecule has 156 valence electrons. The third-order valence-corrected chi connectivity index (χ3v) is 5.19. The van der Waals surface area contributed by atoms with Crippen LogP contribution < -0.4 is 19.5 Å². The molecule has 9 nitrogen and oxygen atoms in total. The molecular formula is C19H16ClN3O6S. The highest BCUT2D eigenvalue weighted by atomic mass is 35.5. The molecule has 0 spiro atoms. The van der Waals surface area contributed by atoms with Crippen LogP contribution in [-0.2, 0) is 0 Å². The Bertz CT molecular complexity index is 1120. The Hall–Kier alpha value is -3.37. The highest BCUT2D eigenvalue weighted by Crippen LogP contribution is 2.46. The molecule has 0 unspecified atom stereocenters. The maximum atomic E-state index is 12.9. The molecule has 30 heavy (non-hydrogen) atoms. The predicted molar refractivity (Wildman–Crippen MR) is 113 cm³/mol. The molecular weight excluding hydrogens is 434 g/mol. The fraction of sp³-hybridized carbons (Fsp3) is 0.158. The van der Waals surface area contributed by atoms with Crippen LogP contribution in [-0.4, -0.2) is 37.1 Å². The molecule has 0 aliphatic rings. The average molecular weight is 450 g/mol. The molecule has 3 aromatic rings. The first-order chi connectivity index (χ1) is 14.4. The molecule has 1 amide bonds. The van der Waals surface area contributed by atoms with Crippen LogP contribution in [0.25, 0.3) is 11.3 Å². The van der Waals surface area contributed by atoms with Crippen LogP contribution in [0.5, 0.6) is 17.2 Å². The number of carbonyl (C=O) groups excluding carboxylic acids is 1. The van der Waals surface area contributed by atoms with Gasteiger partial charge in [-0.2, -0.15) is 0 Å². The van der Waals surface area contributed by atoms with Gasteiger partial charge in [-0.25, -0.2) is 4.98 Å². The number of nitrogens with one attached hydrogen (secondary N) is 1. The molecule has 0 fully saturated rings. The first-order valence-corrected chi connectivity index (χ1v) is 9.66. The van der Waals surface area contributed by atoms with Crippen molar-refractivity contribution >= 4 is 39.7 Å². The van der Waals surface area contributed by atoms with Crippen molar-refractivity contribution in [3.8, 4) is 28.5 Å². The Labute approximate surface area is 180 Å². The van der Waals surface area contributed by atoms with Gasteiger partial charge in [-0.15, -0.1) is 11.3 Å². The molecule has 1 aromatic heterocycles. The number of thiazole rings is 1. The summed E-state index contributed by atoms with van der Waals surface area (Å²) in [5.74, 6) is -0.844. The lowest BCUT2D eigenvalue weighted by Crippen LogP contribution is -2.15. The zero-order valence-electron chi connectivity index (χ0n) is 16.1. The lowest BCUT2D eigenvalue weighted by molar-refractivity contribution is -0.386. The van der Waals surface area contributed by atoms with Crippen molar-refractivity contribution in [1.82, 2.24) is 4.98 Å². The van der Waals surface area contributed by atoms with E-state index in [2.05, 4.69) is 10.3 Å². The van der Waals surface area contributed by atoms with Gasteiger partial charge < -0.3 is 14.2 Å². The summed E-state index contributed by atoms with van der Waals surface area (Å²) in [7, 11) is 3.90. The summed E-state index contributed by atoms with van der Waals surface area (Å²) in [6, 6.07) is 8.36. The molecule has 0 bridgehead atoms. The summed E-state index contributed by atoms with van der Waals surface area (Å²) < 4.78 is 15.5. The fourth-order valence-corrected chi connectivity index (χ4v) is 3.72. The molecule has 1 heterocycles. The summed E-state index contributed by atoms with van der Waals surface area (Å²) in [4.78, 5) is 28.2. The van der Waals surface area contributed by atoms with Gasteiger partial charge in [0, 0.05) is 22.0 Å². The Morgan fingerprint density at radius 1 is 1.17 bits per heavy atom. The minimum absolute atomic E-state index is 0.0125. The minimum Gasteiger partial charge on any atom is -0.493 e. The number of nitrogens with zero attached hydrogens (tertiary/aromatic N) is 2. The normalized spacial score (nSPS) is 10.4. The van der Waals surface area contributed by atoms with E-state index in [1.807, 2.05) is 6.07 Å². The number of nitro benzene ring substituents is 1. The molecule has 0 aliphatic heterocycles. The van der Waals surface area contributed by atoms with E-state index in [0.29, 0.717) is 16.3 Å². The van der Waals surface area contributed by atoms with Crippen LogP contribution in [0.15, 0.2) is 35.7 Å². The van der Waals surface area contributed by atoms with Crippen LogP contribution in [0.3, 0.4) is 0 Å². The minimum atomic E-state index is -0.749. The number of ether oxygens (including phenoxy) is 3. The second-order valence-corrected chi connectivity index (χ2v) is 7.04. The number of rotatable bonds is 7. The quantitative estimate of drug-likeness (QED) is 0.412. The topological polar surface area (TPSA) is 113 Å². The maximum Gasteiger partial charge on any atom is 0.327 e. The molecule has 2 aromatic carbocycles. The standard InChI is InChI=1S/C19H16ClN3O6S/c1-27-14-8-11(15(23(25)26)17(29-3)16(14)28-2)18(24)22-19-21-13(9-30-19)10-6-4-5-7-12(10)20/h4-9H,1-3H3,(H,21,22,24). The van der Waals surface area contributed by atoms with Crippen LogP contribution in [0.4, 0.5) is 10.8 Å². The number of aromatic nitrogens is 1. The van der Waals surface area contributed by atoms with Crippen molar-refractivity contribution in [3.63, 3.8) is 0 Å². The molecule has 3 rings (SSSR count). The van der Waals surface area contributed by atoms with E-state index in [9.17, 15) is 14.9 Å². The van der Waals surface area contributed by atoms with Gasteiger partial charge in [0.2, 0.25) is 11.5 Å². The number of amides is 1. The number of hydrogen-bond donors (Lipinski definition) is 1. The fourth-order valence-electron chi connectivity index (χ4n) is 2.78. The molecule has 0 aliphatic carbocycles. The number of benzene rings is 2. The van der Waals surface area contributed by atoms with Crippen molar-refractivity contribution in [3.05, 3.63) is 56.4 Å². The third-order valence-electron chi connectivity index (χ3n) is 4.11. The van der Waals surface area contributed by atoms with Crippen molar-refractivity contribution in [2.24, 2.45) is 0 Å². The zero-order valence-corrected chi connectivity index (χ0v) is 17.7. The summed E-state index contributed by atoms with van der Waals surface area (Å²) >= 11 is 7.34. The molecule has 0 radical (unpaired) electrons. The average Bonchev–Trinajstić information content (AvgIpc) is 3.20. The van der Waals surface area contributed by atoms with Crippen LogP contribution in [0.2, 0.25) is 5.02 Å². The van der Waals surface area contributed by atoms with Gasteiger partial charge in [-0.05, 0) is 6.07 Å². The van der Waals surface area contributed by atoms with E-state index in [0.717, 1.165) is 11.3 Å². The van der Waals surface area contributed by atoms with Gasteiger partial charge in [0.1, 0.15) is 5.56 Å². The lowest BCUT2D eigenvalue weighted by Gasteiger charge is -2.14. The van der Waals surface area contributed by atoms with E-state index in [-0.39, 0.29) is 27.9 Å². The molecule has 0 saturated carbocycles. The Balaban J connectivity index is 2.00. The first-order valence-electron chi connectivity index (χ1n) is 8.40. The number of carbonyl (C=O) groups is 1. The van der Waals surface area contributed by atoms with Crippen molar-refractivity contribution < 1.29 is 23.9 Å². The number of halogens is 1. The van der Waals surface area contributed by atoms with Gasteiger partial charge in [-0.3, -0.25) is 20.2 Å². The number of methoxy groups -OCH3 is 3. The molecule has 0 atom stereocenters. The predicted octanol–water partition coefficient (Wildman–Crippen LogP) is 4.65. The third kappa shape index (κ3) is 4.00. The second-order valence-electron chi connectivity index (χ2n) is 5.77. The van der Waals surface area contributed by atoms with Crippen LogP contribution >= 0.6 is 22.9 Å². The summed E-state index contributed by atoms with van der Waals surface area (Å²) in [5.41, 5.74) is 0.467. The Kier molecular flexibility index (Phi) is 6.38. The lowest BCUT2D eigenvalue weighted by atomic mass is 10.1. The summed E-state index contributed by atoms with van der Waals surface area (Å²) in [6.07, 6.45) is 0. The molecule has 1 N–H and O–H groups in total. The number of hydrogen-bond acceptors (Lipinski definition) is 8. The van der Waals surface area contributed by atoms with Gasteiger partial charge >= 0.3 is 5.69 Å². The smallest absolute Gasteiger partial charge is 0.327 e. The summed E-state index contributed by atoms with van der Waals surface area (Å²) in [6.45, 7) is 0. The van der Waals surface area contributed by atoms with E-state index in [4.69, 9.17) is 25.8 Å². The molecule has 0 saturated heterocycles. The Morgan fingerprint density at radius 3 is 2.47 bits per heavy atom. The van der Waals surface area contributed by atoms with Crippen molar-refractivity contribution in [2.45, 2.75) is 0 Å². The SMILES string of the molecule is COc1cc(C(=O)Nc2nc(-c3ccccc3Cl)cs2)c([N+](=O)[O-])c(OC)c1OC. The highest BCUT2D eigenvalue weighted by molar-refractivity contribution is 7.14. The molecule has 11 heteroatoms. The van der Waals surface area contributed by atoms with Gasteiger partial charge in [-0.1, -0.05) is 29.8 Å². The number of anilines is 1. The van der Waals surface area contributed by atoms with Gasteiger partial charge in [0.05, 0.1) is 31.9 Å². The maximum absolute atomic E-state index is 12.9. The van der Waals surface area contributed by atoms with E-state index in [1.165, 1.54) is 27.4 Å². The van der Waals surface area contributed by atoms with E-state index >= 15 is 0 Å². The zero-order chi connectivity index (χ0) is 21.8. The second kappa shape index (κ2) is 8.97. The van der Waals surface area contributed by atoms with Crippen molar-refractivity contribution in [1.29, 1.82) is 0 Å². The summed E-state index contributed by atoms with van der Waals surface area (Å²) in [5, 5.41) is 16.7.